The second-order valence-electron chi connectivity index (χ2n) is 6.17. The van der Waals surface area contributed by atoms with Gasteiger partial charge in [-0.05, 0) is 54.5 Å². The molecule has 2 aromatic heterocycles. The Hall–Kier alpha value is -3.13. The van der Waals surface area contributed by atoms with Crippen molar-refractivity contribution in [1.82, 2.24) is 20.6 Å². The summed E-state index contributed by atoms with van der Waals surface area (Å²) in [5, 5.41) is 8.05. The van der Waals surface area contributed by atoms with Crippen molar-refractivity contribution in [3.05, 3.63) is 59.9 Å². The highest BCUT2D eigenvalue weighted by atomic mass is 32.1. The van der Waals surface area contributed by atoms with Crippen molar-refractivity contribution < 1.29 is 9.53 Å². The molecule has 0 aliphatic carbocycles. The number of rotatable bonds is 6. The van der Waals surface area contributed by atoms with Crippen LogP contribution in [0.25, 0.3) is 11.0 Å². The first-order chi connectivity index (χ1) is 13.6. The van der Waals surface area contributed by atoms with Gasteiger partial charge in [-0.3, -0.25) is 4.90 Å². The first-order valence-corrected chi connectivity index (χ1v) is 9.41. The zero-order valence-corrected chi connectivity index (χ0v) is 16.7. The molecule has 0 unspecified atom stereocenters. The summed E-state index contributed by atoms with van der Waals surface area (Å²) in [6.45, 7) is 3.28. The Bertz CT molecular complexity index is 972. The molecule has 0 spiro atoms. The average molecular weight is 398 g/mol. The number of hydrogen-bond donors (Lipinski definition) is 3. The number of carbonyl (C=O) groups is 1. The number of pyridine rings is 1. The quantitative estimate of drug-likeness (QED) is 0.554. The van der Waals surface area contributed by atoms with E-state index >= 15 is 0 Å². The molecule has 0 saturated heterocycles. The third-order valence-corrected chi connectivity index (χ3v) is 4.57. The lowest BCUT2D eigenvalue weighted by Crippen LogP contribution is -2.34. The molecule has 0 radical (unpaired) electrons. The minimum Gasteiger partial charge on any atom is -0.449 e. The van der Waals surface area contributed by atoms with E-state index in [4.69, 9.17) is 17.0 Å². The number of ether oxygens (including phenoxy) is 1. The molecule has 1 aromatic carbocycles. The van der Waals surface area contributed by atoms with Crippen LogP contribution in [0.15, 0.2) is 48.8 Å². The normalized spacial score (nSPS) is 10.5. The molecule has 0 fully saturated rings. The van der Waals surface area contributed by atoms with Gasteiger partial charge in [0.2, 0.25) is 0 Å². The zero-order chi connectivity index (χ0) is 19.9. The number of aromatic nitrogens is 2. The summed E-state index contributed by atoms with van der Waals surface area (Å²) in [6, 6.07) is 11.6. The van der Waals surface area contributed by atoms with Crippen LogP contribution in [-0.2, 0) is 17.8 Å². The minimum absolute atomic E-state index is 0.344. The molecule has 1 amide bonds. The number of carbonyl (C=O) groups excluding carboxylic acids is 1. The lowest BCUT2D eigenvalue weighted by Gasteiger charge is -2.17. The van der Waals surface area contributed by atoms with Crippen LogP contribution in [0.4, 0.5) is 10.5 Å². The van der Waals surface area contributed by atoms with Gasteiger partial charge in [0.15, 0.2) is 5.11 Å². The lowest BCUT2D eigenvalue weighted by molar-refractivity contribution is 0.161. The fourth-order valence-corrected chi connectivity index (χ4v) is 2.94. The van der Waals surface area contributed by atoms with Crippen LogP contribution in [0.2, 0.25) is 0 Å². The van der Waals surface area contributed by atoms with Gasteiger partial charge in [0.1, 0.15) is 5.65 Å². The number of hydrogen-bond acceptors (Lipinski definition) is 4. The number of aromatic amines is 1. The van der Waals surface area contributed by atoms with Crippen molar-refractivity contribution in [3.8, 4) is 0 Å². The largest absolute Gasteiger partial charge is 0.449 e. The molecule has 0 saturated carbocycles. The maximum atomic E-state index is 11.9. The van der Waals surface area contributed by atoms with Gasteiger partial charge in [-0.1, -0.05) is 12.1 Å². The van der Waals surface area contributed by atoms with Crippen LogP contribution >= 0.6 is 12.2 Å². The van der Waals surface area contributed by atoms with Crippen LogP contribution in [0, 0.1) is 0 Å². The Morgan fingerprint density at radius 2 is 2.07 bits per heavy atom. The Morgan fingerprint density at radius 1 is 1.25 bits per heavy atom. The summed E-state index contributed by atoms with van der Waals surface area (Å²) in [6.07, 6.45) is 3.27. The van der Waals surface area contributed by atoms with E-state index in [0.717, 1.165) is 27.8 Å². The van der Waals surface area contributed by atoms with Gasteiger partial charge in [-0.2, -0.15) is 0 Å². The Kier molecular flexibility index (Phi) is 6.44. The van der Waals surface area contributed by atoms with Crippen molar-refractivity contribution >= 4 is 40.1 Å². The third-order valence-electron chi connectivity index (χ3n) is 4.28. The maximum absolute atomic E-state index is 11.9. The lowest BCUT2D eigenvalue weighted by atomic mass is 10.2. The van der Waals surface area contributed by atoms with E-state index in [9.17, 15) is 4.79 Å². The average Bonchev–Trinajstić information content (AvgIpc) is 3.20. The SMILES string of the molecule is CCOC(=O)N(C)c1cccc(CNC(=S)NCc2ccnc3[nH]ccc23)c1. The second kappa shape index (κ2) is 9.18. The first kappa shape index (κ1) is 19.6. The van der Waals surface area contributed by atoms with Gasteiger partial charge in [-0.15, -0.1) is 0 Å². The van der Waals surface area contributed by atoms with Crippen molar-refractivity contribution in [3.63, 3.8) is 0 Å². The fourth-order valence-electron chi connectivity index (χ4n) is 2.79. The molecule has 28 heavy (non-hydrogen) atoms. The maximum Gasteiger partial charge on any atom is 0.413 e. The van der Waals surface area contributed by atoms with Crippen molar-refractivity contribution in [2.45, 2.75) is 20.0 Å². The van der Waals surface area contributed by atoms with E-state index in [1.165, 1.54) is 4.90 Å². The molecule has 146 valence electrons. The van der Waals surface area contributed by atoms with Crippen LogP contribution in [0.5, 0.6) is 0 Å². The third kappa shape index (κ3) is 4.77. The number of anilines is 1. The highest BCUT2D eigenvalue weighted by Gasteiger charge is 2.11. The highest BCUT2D eigenvalue weighted by molar-refractivity contribution is 7.80. The summed E-state index contributed by atoms with van der Waals surface area (Å²) in [5.41, 5.74) is 3.76. The number of amides is 1. The number of fused-ring (bicyclic) bond motifs is 1. The number of nitrogens with zero attached hydrogens (tertiary/aromatic N) is 2. The zero-order valence-electron chi connectivity index (χ0n) is 15.9. The predicted octanol–water partition coefficient (Wildman–Crippen LogP) is 3.32. The summed E-state index contributed by atoms with van der Waals surface area (Å²) in [7, 11) is 1.69. The highest BCUT2D eigenvalue weighted by Crippen LogP contribution is 2.16. The monoisotopic (exact) mass is 397 g/mol. The molecule has 0 aliphatic heterocycles. The van der Waals surface area contributed by atoms with E-state index < -0.39 is 0 Å². The molecule has 3 N–H and O–H groups in total. The minimum atomic E-state index is -0.377. The summed E-state index contributed by atoms with van der Waals surface area (Å²) in [4.78, 5) is 20.7. The number of thiocarbonyl (C=S) groups is 1. The molecule has 8 heteroatoms. The molecular weight excluding hydrogens is 374 g/mol. The van der Waals surface area contributed by atoms with Gasteiger partial charge in [0.25, 0.3) is 0 Å². The first-order valence-electron chi connectivity index (χ1n) is 9.00. The number of benzene rings is 1. The number of nitrogens with one attached hydrogen (secondary N) is 3. The molecule has 2 heterocycles. The molecular formula is C20H23N5O2S. The van der Waals surface area contributed by atoms with Gasteiger partial charge in [0, 0.05) is 43.6 Å². The topological polar surface area (TPSA) is 82.3 Å². The van der Waals surface area contributed by atoms with E-state index in [2.05, 4.69) is 20.6 Å². The molecule has 3 aromatic rings. The van der Waals surface area contributed by atoms with E-state index in [-0.39, 0.29) is 6.09 Å². The van der Waals surface area contributed by atoms with Crippen molar-refractivity contribution in [1.29, 1.82) is 0 Å². The molecule has 0 atom stereocenters. The van der Waals surface area contributed by atoms with Crippen LogP contribution in [0.1, 0.15) is 18.1 Å². The molecule has 7 nitrogen and oxygen atoms in total. The smallest absolute Gasteiger partial charge is 0.413 e. The van der Waals surface area contributed by atoms with Gasteiger partial charge in [-0.25, -0.2) is 9.78 Å². The van der Waals surface area contributed by atoms with Crippen LogP contribution < -0.4 is 15.5 Å². The van der Waals surface area contributed by atoms with Crippen molar-refractivity contribution in [2.75, 3.05) is 18.6 Å². The Morgan fingerprint density at radius 3 is 2.89 bits per heavy atom. The predicted molar refractivity (Wildman–Crippen MR) is 114 cm³/mol. The number of H-pyrrole nitrogens is 1. The van der Waals surface area contributed by atoms with E-state index in [0.29, 0.717) is 24.8 Å². The molecule has 0 aliphatic rings. The standard InChI is InChI=1S/C20H23N5O2S/c1-3-27-20(26)25(2)16-6-4-5-14(11-16)12-23-19(28)24-13-15-7-9-21-18-17(15)8-10-22-18/h4-11H,3,12-13H2,1-2H3,(H,21,22)(H2,23,24,28). The summed E-state index contributed by atoms with van der Waals surface area (Å²) < 4.78 is 5.03. The molecule has 0 bridgehead atoms. The van der Waals surface area contributed by atoms with Gasteiger partial charge in [0.05, 0.1) is 6.61 Å². The van der Waals surface area contributed by atoms with Crippen LogP contribution in [0.3, 0.4) is 0 Å². The Labute approximate surface area is 169 Å². The van der Waals surface area contributed by atoms with Crippen LogP contribution in [-0.4, -0.2) is 34.8 Å². The molecule has 3 rings (SSSR count). The Balaban J connectivity index is 1.54. The van der Waals surface area contributed by atoms with Crippen molar-refractivity contribution in [2.24, 2.45) is 0 Å². The fraction of sp³-hybridized carbons (Fsp3) is 0.250. The van der Waals surface area contributed by atoms with E-state index in [1.54, 1.807) is 20.2 Å². The summed E-state index contributed by atoms with van der Waals surface area (Å²) in [5.74, 6) is 0. The van der Waals surface area contributed by atoms with Gasteiger partial charge < -0.3 is 20.4 Å². The summed E-state index contributed by atoms with van der Waals surface area (Å²) >= 11 is 5.38. The second-order valence-corrected chi connectivity index (χ2v) is 6.58. The van der Waals surface area contributed by atoms with Gasteiger partial charge >= 0.3 is 6.09 Å². The van der Waals surface area contributed by atoms with E-state index in [1.807, 2.05) is 42.6 Å².